The minimum absolute atomic E-state index is 0.0237. The molecule has 0 saturated heterocycles. The summed E-state index contributed by atoms with van der Waals surface area (Å²) in [7, 11) is 1.60. The summed E-state index contributed by atoms with van der Waals surface area (Å²) in [5.41, 5.74) is 2.66. The summed E-state index contributed by atoms with van der Waals surface area (Å²) in [6.45, 7) is 0.609. The fourth-order valence-corrected chi connectivity index (χ4v) is 4.11. The molecular weight excluding hydrogens is 400 g/mol. The maximum atomic E-state index is 12.8. The average molecular weight is 423 g/mol. The molecule has 0 atom stereocenters. The Morgan fingerprint density at radius 1 is 1.10 bits per heavy atom. The van der Waals surface area contributed by atoms with Crippen LogP contribution in [0.4, 0.5) is 11.4 Å². The van der Waals surface area contributed by atoms with Crippen LogP contribution in [-0.4, -0.2) is 32.1 Å². The number of nitrogens with zero attached hydrogens (tertiary/aromatic N) is 1. The molecule has 4 rings (SSSR count). The number of anilines is 2. The molecule has 0 radical (unpaired) electrons. The molecule has 7 heteroatoms. The number of hydrogen-bond acceptors (Lipinski definition) is 5. The van der Waals surface area contributed by atoms with Crippen molar-refractivity contribution in [1.82, 2.24) is 0 Å². The van der Waals surface area contributed by atoms with Gasteiger partial charge in [0, 0.05) is 17.9 Å². The zero-order chi connectivity index (χ0) is 20.9. The van der Waals surface area contributed by atoms with E-state index in [1.165, 1.54) is 11.3 Å². The van der Waals surface area contributed by atoms with Gasteiger partial charge in [0.25, 0.3) is 11.8 Å². The molecule has 2 amide bonds. The molecule has 1 aliphatic rings. The molecule has 154 valence electrons. The van der Waals surface area contributed by atoms with Crippen molar-refractivity contribution in [3.05, 3.63) is 70.4 Å². The van der Waals surface area contributed by atoms with Gasteiger partial charge in [0.15, 0.2) is 6.61 Å². The number of thiophene rings is 1. The van der Waals surface area contributed by atoms with E-state index < -0.39 is 0 Å². The first-order chi connectivity index (χ1) is 14.6. The van der Waals surface area contributed by atoms with E-state index in [0.717, 1.165) is 34.7 Å². The first-order valence-electron chi connectivity index (χ1n) is 9.69. The van der Waals surface area contributed by atoms with Gasteiger partial charge < -0.3 is 19.7 Å². The summed E-state index contributed by atoms with van der Waals surface area (Å²) >= 11 is 1.45. The van der Waals surface area contributed by atoms with E-state index >= 15 is 0 Å². The van der Waals surface area contributed by atoms with Gasteiger partial charge in [-0.25, -0.2) is 0 Å². The van der Waals surface area contributed by atoms with E-state index in [0.29, 0.717) is 18.0 Å². The minimum atomic E-state index is -0.243. The maximum absolute atomic E-state index is 12.8. The molecule has 0 saturated carbocycles. The van der Waals surface area contributed by atoms with Crippen molar-refractivity contribution in [3.63, 3.8) is 0 Å². The van der Waals surface area contributed by atoms with Crippen LogP contribution in [0.3, 0.4) is 0 Å². The fraction of sp³-hybridized carbons (Fsp3) is 0.217. The van der Waals surface area contributed by atoms with Crippen LogP contribution in [0, 0.1) is 0 Å². The van der Waals surface area contributed by atoms with Crippen LogP contribution in [0.1, 0.15) is 21.7 Å². The number of benzene rings is 2. The standard InChI is InChI=1S/C23H22N2O4S/c1-28-18-7-9-19(10-8-18)29-15-22(26)24-17-6-11-20-16(14-17)4-2-12-25(20)23(27)21-5-3-13-30-21/h3,5-11,13-14H,2,4,12,15H2,1H3,(H,24,26). The Bertz CT molecular complexity index is 1030. The maximum Gasteiger partial charge on any atom is 0.268 e. The smallest absolute Gasteiger partial charge is 0.268 e. The highest BCUT2D eigenvalue weighted by molar-refractivity contribution is 7.12. The third kappa shape index (κ3) is 4.46. The lowest BCUT2D eigenvalue weighted by atomic mass is 10.0. The molecule has 0 aliphatic carbocycles. The van der Waals surface area contributed by atoms with Crippen molar-refractivity contribution in [3.8, 4) is 11.5 Å². The first kappa shape index (κ1) is 20.0. The molecule has 0 unspecified atom stereocenters. The number of methoxy groups -OCH3 is 1. The molecule has 2 aromatic carbocycles. The number of fused-ring (bicyclic) bond motifs is 1. The highest BCUT2D eigenvalue weighted by Gasteiger charge is 2.24. The number of ether oxygens (including phenoxy) is 2. The van der Waals surface area contributed by atoms with E-state index in [4.69, 9.17) is 9.47 Å². The van der Waals surface area contributed by atoms with Gasteiger partial charge in [0.2, 0.25) is 0 Å². The molecule has 1 N–H and O–H groups in total. The van der Waals surface area contributed by atoms with Gasteiger partial charge in [0.1, 0.15) is 11.5 Å². The highest BCUT2D eigenvalue weighted by atomic mass is 32.1. The van der Waals surface area contributed by atoms with E-state index in [1.807, 2.05) is 40.6 Å². The third-order valence-corrected chi connectivity index (χ3v) is 5.75. The number of nitrogens with one attached hydrogen (secondary N) is 1. The van der Waals surface area contributed by atoms with Crippen molar-refractivity contribution in [1.29, 1.82) is 0 Å². The van der Waals surface area contributed by atoms with E-state index in [1.54, 1.807) is 31.4 Å². The Morgan fingerprint density at radius 3 is 2.63 bits per heavy atom. The predicted octanol–water partition coefficient (Wildman–Crippen LogP) is 4.37. The largest absolute Gasteiger partial charge is 0.497 e. The SMILES string of the molecule is COc1ccc(OCC(=O)Nc2ccc3c(c2)CCCN3C(=O)c2cccs2)cc1. The van der Waals surface area contributed by atoms with Gasteiger partial charge in [-0.2, -0.15) is 0 Å². The number of carbonyl (C=O) groups excluding carboxylic acids is 2. The Kier molecular flexibility index (Phi) is 5.99. The second-order valence-corrected chi connectivity index (χ2v) is 7.84. The van der Waals surface area contributed by atoms with Gasteiger partial charge in [-0.05, 0) is 72.3 Å². The summed E-state index contributed by atoms with van der Waals surface area (Å²) in [6, 6.07) is 16.5. The normalized spacial score (nSPS) is 12.8. The second-order valence-electron chi connectivity index (χ2n) is 6.89. The van der Waals surface area contributed by atoms with Crippen molar-refractivity contribution < 1.29 is 19.1 Å². The molecule has 6 nitrogen and oxygen atoms in total. The lowest BCUT2D eigenvalue weighted by molar-refractivity contribution is -0.118. The predicted molar refractivity (Wildman–Crippen MR) is 118 cm³/mol. The molecule has 0 bridgehead atoms. The summed E-state index contributed by atoms with van der Waals surface area (Å²) in [5.74, 6) is 1.11. The van der Waals surface area contributed by atoms with Crippen molar-refractivity contribution in [2.75, 3.05) is 30.5 Å². The highest BCUT2D eigenvalue weighted by Crippen LogP contribution is 2.31. The summed E-state index contributed by atoms with van der Waals surface area (Å²) in [6.07, 6.45) is 1.76. The third-order valence-electron chi connectivity index (χ3n) is 4.89. The average Bonchev–Trinajstić information content (AvgIpc) is 3.32. The topological polar surface area (TPSA) is 67.9 Å². The lowest BCUT2D eigenvalue weighted by Crippen LogP contribution is -2.35. The van der Waals surface area contributed by atoms with Crippen molar-refractivity contribution in [2.24, 2.45) is 0 Å². The zero-order valence-electron chi connectivity index (χ0n) is 16.6. The number of carbonyl (C=O) groups is 2. The molecule has 30 heavy (non-hydrogen) atoms. The van der Waals surface area contributed by atoms with Crippen LogP contribution in [0.25, 0.3) is 0 Å². The van der Waals surface area contributed by atoms with Crippen LogP contribution in [0.15, 0.2) is 60.0 Å². The second kappa shape index (κ2) is 9.00. The number of amides is 2. The Balaban J connectivity index is 1.39. The molecule has 1 aliphatic heterocycles. The van der Waals surface area contributed by atoms with Crippen LogP contribution >= 0.6 is 11.3 Å². The van der Waals surface area contributed by atoms with Crippen molar-refractivity contribution in [2.45, 2.75) is 12.8 Å². The van der Waals surface area contributed by atoms with E-state index in [-0.39, 0.29) is 18.4 Å². The summed E-state index contributed by atoms with van der Waals surface area (Å²) in [4.78, 5) is 27.6. The quantitative estimate of drug-likeness (QED) is 0.641. The Hall–Kier alpha value is -3.32. The summed E-state index contributed by atoms with van der Waals surface area (Å²) in [5, 5.41) is 4.77. The van der Waals surface area contributed by atoms with Gasteiger partial charge in [0.05, 0.1) is 12.0 Å². The van der Waals surface area contributed by atoms with Gasteiger partial charge in [-0.3, -0.25) is 9.59 Å². The monoisotopic (exact) mass is 422 g/mol. The Labute approximate surface area is 179 Å². The van der Waals surface area contributed by atoms with Gasteiger partial charge >= 0.3 is 0 Å². The molecular formula is C23H22N2O4S. The number of rotatable bonds is 6. The van der Waals surface area contributed by atoms with Crippen LogP contribution in [0.5, 0.6) is 11.5 Å². The van der Waals surface area contributed by atoms with Crippen LogP contribution in [-0.2, 0) is 11.2 Å². The molecule has 1 aromatic heterocycles. The van der Waals surface area contributed by atoms with Crippen LogP contribution in [0.2, 0.25) is 0 Å². The van der Waals surface area contributed by atoms with E-state index in [9.17, 15) is 9.59 Å². The number of aryl methyl sites for hydroxylation is 1. The van der Waals surface area contributed by atoms with Gasteiger partial charge in [-0.15, -0.1) is 11.3 Å². The minimum Gasteiger partial charge on any atom is -0.497 e. The fourth-order valence-electron chi connectivity index (χ4n) is 3.44. The molecule has 3 aromatic rings. The zero-order valence-corrected chi connectivity index (χ0v) is 17.4. The van der Waals surface area contributed by atoms with Crippen LogP contribution < -0.4 is 19.7 Å². The molecule has 0 spiro atoms. The summed E-state index contributed by atoms with van der Waals surface area (Å²) < 4.78 is 10.6. The van der Waals surface area contributed by atoms with E-state index in [2.05, 4.69) is 5.32 Å². The van der Waals surface area contributed by atoms with Gasteiger partial charge in [-0.1, -0.05) is 6.07 Å². The molecule has 2 heterocycles. The molecule has 0 fully saturated rings. The van der Waals surface area contributed by atoms with Crippen molar-refractivity contribution >= 4 is 34.5 Å². The first-order valence-corrected chi connectivity index (χ1v) is 10.6. The lowest BCUT2D eigenvalue weighted by Gasteiger charge is -2.29. The Morgan fingerprint density at radius 2 is 1.90 bits per heavy atom. The number of hydrogen-bond donors (Lipinski definition) is 1.